The van der Waals surface area contributed by atoms with Gasteiger partial charge in [-0.2, -0.15) is 5.26 Å². The molecule has 0 saturated carbocycles. The number of rotatable bonds is 5. The van der Waals surface area contributed by atoms with Gasteiger partial charge in [-0.3, -0.25) is 19.1 Å². The molecule has 0 spiro atoms. The van der Waals surface area contributed by atoms with E-state index in [0.717, 1.165) is 5.39 Å². The Labute approximate surface area is 194 Å². The number of para-hydroxylation sites is 1. The fourth-order valence-electron chi connectivity index (χ4n) is 3.51. The summed E-state index contributed by atoms with van der Waals surface area (Å²) < 4.78 is 4.55. The van der Waals surface area contributed by atoms with Crippen LogP contribution >= 0.6 is 0 Å². The van der Waals surface area contributed by atoms with Crippen molar-refractivity contribution in [3.05, 3.63) is 64.3 Å². The zero-order valence-electron chi connectivity index (χ0n) is 18.8. The smallest absolute Gasteiger partial charge is 0.349 e. The quantitative estimate of drug-likeness (QED) is 0.354. The summed E-state index contributed by atoms with van der Waals surface area (Å²) in [6, 6.07) is 13.6. The number of H-pyrrole nitrogens is 2. The second kappa shape index (κ2) is 8.71. The Morgan fingerprint density at radius 1 is 1.09 bits per heavy atom. The number of amides is 2. The molecular formula is C24H22N6O4. The molecular weight excluding hydrogens is 436 g/mol. The van der Waals surface area contributed by atoms with Crippen molar-refractivity contribution in [2.75, 3.05) is 10.6 Å². The maximum Gasteiger partial charge on any atom is 0.439 e. The van der Waals surface area contributed by atoms with E-state index in [4.69, 9.17) is 0 Å². The number of hydrogen-bond acceptors (Lipinski definition) is 6. The van der Waals surface area contributed by atoms with E-state index < -0.39 is 11.7 Å². The molecule has 0 bridgehead atoms. The Hall–Kier alpha value is -4.65. The van der Waals surface area contributed by atoms with Crippen molar-refractivity contribution in [2.24, 2.45) is 5.41 Å². The Morgan fingerprint density at radius 3 is 2.56 bits per heavy atom. The van der Waals surface area contributed by atoms with E-state index >= 15 is 0 Å². The van der Waals surface area contributed by atoms with Gasteiger partial charge >= 0.3 is 5.76 Å². The summed E-state index contributed by atoms with van der Waals surface area (Å²) in [7, 11) is 0. The van der Waals surface area contributed by atoms with Gasteiger partial charge in [-0.05, 0) is 35.7 Å². The van der Waals surface area contributed by atoms with E-state index in [-0.39, 0.29) is 22.8 Å². The minimum Gasteiger partial charge on any atom is -0.349 e. The predicted molar refractivity (Wildman–Crippen MR) is 126 cm³/mol. The first kappa shape index (κ1) is 22.5. The van der Waals surface area contributed by atoms with Crippen LogP contribution < -0.4 is 16.4 Å². The molecule has 0 fully saturated rings. The number of nitrogens with one attached hydrogen (secondary N) is 4. The molecule has 2 aromatic carbocycles. The summed E-state index contributed by atoms with van der Waals surface area (Å²) in [6.45, 7) is 5.95. The lowest BCUT2D eigenvalue weighted by atomic mass is 9.92. The zero-order chi connectivity index (χ0) is 24.5. The van der Waals surface area contributed by atoms with Gasteiger partial charge in [0.1, 0.15) is 5.69 Å². The van der Waals surface area contributed by atoms with Crippen molar-refractivity contribution in [3.8, 4) is 17.5 Å². The summed E-state index contributed by atoms with van der Waals surface area (Å²) in [4.78, 5) is 42.3. The second-order valence-corrected chi connectivity index (χ2v) is 9.01. The van der Waals surface area contributed by atoms with Crippen LogP contribution in [-0.4, -0.2) is 26.9 Å². The summed E-state index contributed by atoms with van der Waals surface area (Å²) in [6.07, 6.45) is 0.350. The standard InChI is InChI=1S/C24H22N6O4/c1-24(2,3)11-19(31)26-17-6-4-5-14-10-18(27-20(14)17)22(32)28-16-8-7-13(12-25)9-15(16)21-29-23(33)34-30-21/h4-10,27H,11H2,1-3H3,(H,26,31)(H,28,32)(H,29,30,33). The zero-order valence-corrected chi connectivity index (χ0v) is 18.8. The van der Waals surface area contributed by atoms with Crippen molar-refractivity contribution in [1.82, 2.24) is 15.1 Å². The van der Waals surface area contributed by atoms with Crippen LogP contribution in [0.1, 0.15) is 43.2 Å². The third kappa shape index (κ3) is 4.88. The van der Waals surface area contributed by atoms with E-state index in [1.807, 2.05) is 32.9 Å². The molecule has 4 N–H and O–H groups in total. The number of nitrogens with zero attached hydrogens (tertiary/aromatic N) is 2. The maximum absolute atomic E-state index is 13.0. The predicted octanol–water partition coefficient (Wildman–Crippen LogP) is 4.01. The Kier molecular flexibility index (Phi) is 5.77. The maximum atomic E-state index is 13.0. The Balaban J connectivity index is 1.63. The third-order valence-corrected chi connectivity index (χ3v) is 4.96. The lowest BCUT2D eigenvalue weighted by Gasteiger charge is -2.17. The van der Waals surface area contributed by atoms with Crippen LogP contribution in [0.3, 0.4) is 0 Å². The topological polar surface area (TPSA) is 157 Å². The molecule has 0 radical (unpaired) electrons. The third-order valence-electron chi connectivity index (χ3n) is 4.96. The van der Waals surface area contributed by atoms with Crippen LogP contribution in [0, 0.1) is 16.7 Å². The van der Waals surface area contributed by atoms with Crippen LogP contribution in [0.25, 0.3) is 22.3 Å². The van der Waals surface area contributed by atoms with Crippen molar-refractivity contribution < 1.29 is 14.1 Å². The first-order chi connectivity index (χ1) is 16.1. The van der Waals surface area contributed by atoms with E-state index in [1.54, 1.807) is 24.3 Å². The molecule has 172 valence electrons. The fraction of sp³-hybridized carbons (Fsp3) is 0.208. The molecule has 0 aliphatic carbocycles. The molecule has 4 rings (SSSR count). The van der Waals surface area contributed by atoms with Crippen molar-refractivity contribution in [3.63, 3.8) is 0 Å². The molecule has 4 aromatic rings. The lowest BCUT2D eigenvalue weighted by molar-refractivity contribution is -0.117. The molecule has 0 unspecified atom stereocenters. The van der Waals surface area contributed by atoms with Crippen LogP contribution in [0.5, 0.6) is 0 Å². The average Bonchev–Trinajstić information content (AvgIpc) is 3.39. The van der Waals surface area contributed by atoms with Crippen molar-refractivity contribution in [1.29, 1.82) is 5.26 Å². The number of benzene rings is 2. The highest BCUT2D eigenvalue weighted by atomic mass is 16.5. The number of nitriles is 1. The average molecular weight is 458 g/mol. The molecule has 2 aromatic heterocycles. The highest BCUT2D eigenvalue weighted by Gasteiger charge is 2.19. The van der Waals surface area contributed by atoms with E-state index in [2.05, 4.69) is 30.3 Å². The monoisotopic (exact) mass is 458 g/mol. The summed E-state index contributed by atoms with van der Waals surface area (Å²) in [5.41, 5.74) is 2.26. The van der Waals surface area contributed by atoms with Gasteiger partial charge in [0.05, 0.1) is 28.5 Å². The van der Waals surface area contributed by atoms with Crippen molar-refractivity contribution >= 4 is 34.1 Å². The summed E-state index contributed by atoms with van der Waals surface area (Å²) in [5, 5.41) is 19.3. The summed E-state index contributed by atoms with van der Waals surface area (Å²) >= 11 is 0. The van der Waals surface area contributed by atoms with Gasteiger partial charge in [0.15, 0.2) is 5.82 Å². The normalized spacial score (nSPS) is 11.2. The highest BCUT2D eigenvalue weighted by molar-refractivity contribution is 6.09. The van der Waals surface area contributed by atoms with Crippen LogP contribution in [-0.2, 0) is 4.79 Å². The summed E-state index contributed by atoms with van der Waals surface area (Å²) in [5.74, 6) is -1.26. The van der Waals surface area contributed by atoms with Crippen molar-refractivity contribution in [2.45, 2.75) is 27.2 Å². The minimum absolute atomic E-state index is 0.0814. The Bertz CT molecular complexity index is 1500. The molecule has 0 aliphatic rings. The van der Waals surface area contributed by atoms with Gasteiger partial charge in [-0.1, -0.05) is 38.1 Å². The molecule has 2 heterocycles. The molecule has 10 heteroatoms. The van der Waals surface area contributed by atoms with E-state index in [9.17, 15) is 19.6 Å². The van der Waals surface area contributed by atoms with Gasteiger partial charge in [0.25, 0.3) is 5.91 Å². The highest BCUT2D eigenvalue weighted by Crippen LogP contribution is 2.28. The molecule has 0 atom stereocenters. The molecule has 0 saturated heterocycles. The number of carbonyl (C=O) groups excluding carboxylic acids is 2. The number of aromatic amines is 2. The van der Waals surface area contributed by atoms with Gasteiger partial charge in [0, 0.05) is 17.4 Å². The number of anilines is 2. The van der Waals surface area contributed by atoms with Crippen LogP contribution in [0.15, 0.2) is 51.8 Å². The first-order valence-electron chi connectivity index (χ1n) is 10.5. The van der Waals surface area contributed by atoms with Gasteiger partial charge in [0.2, 0.25) is 5.91 Å². The molecule has 34 heavy (non-hydrogen) atoms. The Morgan fingerprint density at radius 2 is 1.88 bits per heavy atom. The van der Waals surface area contributed by atoms with E-state index in [1.165, 1.54) is 12.1 Å². The van der Waals surface area contributed by atoms with E-state index in [0.29, 0.717) is 34.4 Å². The fourth-order valence-corrected chi connectivity index (χ4v) is 3.51. The second-order valence-electron chi connectivity index (χ2n) is 9.01. The first-order valence-corrected chi connectivity index (χ1v) is 10.5. The molecule has 2 amide bonds. The van der Waals surface area contributed by atoms with Crippen LogP contribution in [0.2, 0.25) is 0 Å². The van der Waals surface area contributed by atoms with Crippen LogP contribution in [0.4, 0.5) is 11.4 Å². The number of aromatic nitrogens is 3. The van der Waals surface area contributed by atoms with Gasteiger partial charge in [-0.25, -0.2) is 4.79 Å². The number of hydrogen-bond donors (Lipinski definition) is 4. The van der Waals surface area contributed by atoms with Gasteiger partial charge in [-0.15, -0.1) is 0 Å². The SMILES string of the molecule is CC(C)(C)CC(=O)Nc1cccc2cc(C(=O)Nc3ccc(C#N)cc3-c3noc(=O)[nH]3)[nH]c12. The number of carbonyl (C=O) groups is 2. The number of fused-ring (bicyclic) bond motifs is 1. The lowest BCUT2D eigenvalue weighted by Crippen LogP contribution is -2.19. The molecule has 0 aliphatic heterocycles. The molecule has 10 nitrogen and oxygen atoms in total. The largest absolute Gasteiger partial charge is 0.439 e. The van der Waals surface area contributed by atoms with Gasteiger partial charge < -0.3 is 15.6 Å². The minimum atomic E-state index is -0.758.